The number of pyridine rings is 3. The minimum absolute atomic E-state index is 0.211. The third-order valence-electron chi connectivity index (χ3n) is 6.55. The second-order valence-corrected chi connectivity index (χ2v) is 9.57. The lowest BCUT2D eigenvalue weighted by molar-refractivity contribution is 0.425. The van der Waals surface area contributed by atoms with Gasteiger partial charge in [-0.05, 0) is 56.9 Å². The average Bonchev–Trinajstić information content (AvgIpc) is 3.53. The third kappa shape index (κ3) is 4.57. The first-order valence-electron chi connectivity index (χ1n) is 12.4. The zero-order valence-corrected chi connectivity index (χ0v) is 21.5. The molecule has 5 aromatic heterocycles. The van der Waals surface area contributed by atoms with Crippen LogP contribution in [-0.4, -0.2) is 67.2 Å². The van der Waals surface area contributed by atoms with E-state index < -0.39 is 5.82 Å². The molecule has 0 aliphatic rings. The maximum absolute atomic E-state index is 15.9. The third-order valence-corrected chi connectivity index (χ3v) is 6.55. The number of nitrogens with one attached hydrogen (secondary N) is 3. The number of hydrogen-bond donors (Lipinski definition) is 3. The Labute approximate surface area is 222 Å². The average molecular weight is 526 g/mol. The fraction of sp³-hybridized carbons (Fsp3) is 0.179. The number of aromatic amines is 2. The van der Waals surface area contributed by atoms with Gasteiger partial charge in [-0.25, -0.2) is 18.7 Å². The zero-order valence-electron chi connectivity index (χ0n) is 21.5. The molecular formula is C28H25F2N9. The van der Waals surface area contributed by atoms with Crippen molar-refractivity contribution in [1.82, 2.24) is 40.0 Å². The maximum Gasteiger partial charge on any atom is 0.184 e. The van der Waals surface area contributed by atoms with E-state index >= 15 is 4.39 Å². The van der Waals surface area contributed by atoms with Crippen molar-refractivity contribution in [3.05, 3.63) is 72.3 Å². The van der Waals surface area contributed by atoms with Crippen molar-refractivity contribution >= 4 is 27.8 Å². The Balaban J connectivity index is 1.44. The van der Waals surface area contributed by atoms with E-state index in [4.69, 9.17) is 4.98 Å². The highest BCUT2D eigenvalue weighted by Gasteiger charge is 2.22. The van der Waals surface area contributed by atoms with E-state index in [0.717, 1.165) is 12.1 Å². The molecule has 196 valence electrons. The molecule has 6 rings (SSSR count). The van der Waals surface area contributed by atoms with Crippen LogP contribution in [0.3, 0.4) is 0 Å². The van der Waals surface area contributed by atoms with Gasteiger partial charge < -0.3 is 15.2 Å². The molecule has 6 aromatic rings. The minimum atomic E-state index is -0.475. The van der Waals surface area contributed by atoms with Gasteiger partial charge in [0.05, 0.1) is 16.6 Å². The van der Waals surface area contributed by atoms with E-state index in [9.17, 15) is 4.39 Å². The number of aryl methyl sites for hydroxylation is 1. The Morgan fingerprint density at radius 2 is 1.87 bits per heavy atom. The number of benzene rings is 1. The number of halogens is 2. The maximum atomic E-state index is 15.9. The number of likely N-dealkylation sites (N-methyl/N-ethyl adjacent to an activating group) is 1. The number of fused-ring (bicyclic) bond motifs is 2. The van der Waals surface area contributed by atoms with Crippen molar-refractivity contribution in [2.45, 2.75) is 6.92 Å². The molecule has 5 heterocycles. The summed E-state index contributed by atoms with van der Waals surface area (Å²) >= 11 is 0. The van der Waals surface area contributed by atoms with Crippen molar-refractivity contribution in [2.75, 3.05) is 32.5 Å². The number of H-pyrrole nitrogens is 2. The van der Waals surface area contributed by atoms with Crippen molar-refractivity contribution < 1.29 is 8.78 Å². The molecule has 39 heavy (non-hydrogen) atoms. The highest BCUT2D eigenvalue weighted by molar-refractivity contribution is 5.97. The van der Waals surface area contributed by atoms with Crippen LogP contribution >= 0.6 is 0 Å². The standard InChI is InChI=1S/C28H25F2N9/c1-15-4-6-31-13-19(15)20-14-34-27-22(23(20)30)26(37-38-27)28-35-21-5-7-33-24(25(21)36-28)16-10-17(29)12-18(11-16)32-8-9-39(2)3/h4-7,10-14,32H,8-9H2,1-3H3,(H,35,36)(H,34,37,38). The van der Waals surface area contributed by atoms with Crippen LogP contribution in [0.2, 0.25) is 0 Å². The summed E-state index contributed by atoms with van der Waals surface area (Å²) in [6, 6.07) is 8.29. The number of aromatic nitrogens is 7. The fourth-order valence-corrected chi connectivity index (χ4v) is 4.57. The van der Waals surface area contributed by atoms with Gasteiger partial charge in [0.2, 0.25) is 0 Å². The lowest BCUT2D eigenvalue weighted by Crippen LogP contribution is -2.20. The molecule has 0 unspecified atom stereocenters. The lowest BCUT2D eigenvalue weighted by Gasteiger charge is -2.12. The van der Waals surface area contributed by atoms with Crippen LogP contribution in [0.4, 0.5) is 14.5 Å². The normalized spacial score (nSPS) is 11.6. The van der Waals surface area contributed by atoms with Crippen LogP contribution in [0, 0.1) is 18.6 Å². The smallest absolute Gasteiger partial charge is 0.184 e. The lowest BCUT2D eigenvalue weighted by atomic mass is 10.0. The Hall–Kier alpha value is -4.77. The monoisotopic (exact) mass is 525 g/mol. The second-order valence-electron chi connectivity index (χ2n) is 9.57. The van der Waals surface area contributed by atoms with Gasteiger partial charge in [-0.2, -0.15) is 5.10 Å². The summed E-state index contributed by atoms with van der Waals surface area (Å²) in [7, 11) is 3.95. The van der Waals surface area contributed by atoms with Gasteiger partial charge >= 0.3 is 0 Å². The van der Waals surface area contributed by atoms with Crippen LogP contribution in [0.1, 0.15) is 5.56 Å². The quantitative estimate of drug-likeness (QED) is 0.263. The molecule has 0 saturated heterocycles. The predicted molar refractivity (Wildman–Crippen MR) is 147 cm³/mol. The predicted octanol–water partition coefficient (Wildman–Crippen LogP) is 5.19. The van der Waals surface area contributed by atoms with E-state index in [2.05, 4.69) is 35.5 Å². The summed E-state index contributed by atoms with van der Waals surface area (Å²) in [5, 5.41) is 10.5. The van der Waals surface area contributed by atoms with E-state index in [1.54, 1.807) is 24.7 Å². The zero-order chi connectivity index (χ0) is 27.1. The Kier molecular flexibility index (Phi) is 6.20. The molecule has 0 amide bonds. The molecule has 0 aliphatic heterocycles. The largest absolute Gasteiger partial charge is 0.384 e. The molecule has 3 N–H and O–H groups in total. The molecule has 0 atom stereocenters. The van der Waals surface area contributed by atoms with Crippen LogP contribution in [0.15, 0.2) is 55.1 Å². The fourth-order valence-electron chi connectivity index (χ4n) is 4.57. The first-order chi connectivity index (χ1) is 18.9. The molecular weight excluding hydrogens is 500 g/mol. The van der Waals surface area contributed by atoms with Gasteiger partial charge in [0.15, 0.2) is 11.5 Å². The van der Waals surface area contributed by atoms with Crippen molar-refractivity contribution in [1.29, 1.82) is 0 Å². The molecule has 1 aromatic carbocycles. The summed E-state index contributed by atoms with van der Waals surface area (Å²) in [6.45, 7) is 3.35. The van der Waals surface area contributed by atoms with Crippen LogP contribution < -0.4 is 5.32 Å². The van der Waals surface area contributed by atoms with E-state index in [1.165, 1.54) is 18.3 Å². The van der Waals surface area contributed by atoms with Gasteiger partial charge in [-0.3, -0.25) is 15.1 Å². The molecule has 0 saturated carbocycles. The molecule has 0 bridgehead atoms. The number of hydrogen-bond acceptors (Lipinski definition) is 7. The van der Waals surface area contributed by atoms with Gasteiger partial charge in [-0.1, -0.05) is 0 Å². The Bertz CT molecular complexity index is 1820. The van der Waals surface area contributed by atoms with Gasteiger partial charge in [0.1, 0.15) is 22.8 Å². The van der Waals surface area contributed by atoms with Crippen molar-refractivity contribution in [2.24, 2.45) is 0 Å². The topological polar surface area (TPSA) is 111 Å². The van der Waals surface area contributed by atoms with Crippen LogP contribution in [-0.2, 0) is 0 Å². The summed E-state index contributed by atoms with van der Waals surface area (Å²) in [4.78, 5) is 23.0. The summed E-state index contributed by atoms with van der Waals surface area (Å²) in [5.74, 6) is -0.499. The molecule has 0 fully saturated rings. The number of nitrogens with zero attached hydrogens (tertiary/aromatic N) is 6. The SMILES string of the molecule is Cc1ccncc1-c1cnc2n[nH]c(-c3nc4c(-c5cc(F)cc(NCCN(C)C)c5)nccc4[nH]3)c2c1F. The number of rotatable bonds is 7. The number of anilines is 1. The van der Waals surface area contributed by atoms with Crippen LogP contribution in [0.5, 0.6) is 0 Å². The van der Waals surface area contributed by atoms with E-state index in [-0.39, 0.29) is 16.9 Å². The van der Waals surface area contributed by atoms with E-state index in [0.29, 0.717) is 57.2 Å². The molecule has 0 aliphatic carbocycles. The van der Waals surface area contributed by atoms with E-state index in [1.807, 2.05) is 38.1 Å². The molecule has 0 radical (unpaired) electrons. The Morgan fingerprint density at radius 3 is 2.69 bits per heavy atom. The minimum Gasteiger partial charge on any atom is -0.384 e. The van der Waals surface area contributed by atoms with Gasteiger partial charge in [0, 0.05) is 60.3 Å². The van der Waals surface area contributed by atoms with Crippen molar-refractivity contribution in [3.8, 4) is 33.9 Å². The highest BCUT2D eigenvalue weighted by Crippen LogP contribution is 2.35. The van der Waals surface area contributed by atoms with Crippen molar-refractivity contribution in [3.63, 3.8) is 0 Å². The summed E-state index contributed by atoms with van der Waals surface area (Å²) in [6.07, 6.45) is 6.36. The second kappa shape index (κ2) is 9.84. The summed E-state index contributed by atoms with van der Waals surface area (Å²) < 4.78 is 30.5. The van der Waals surface area contributed by atoms with Gasteiger partial charge in [0.25, 0.3) is 0 Å². The first kappa shape index (κ1) is 24.6. The van der Waals surface area contributed by atoms with Crippen LogP contribution in [0.25, 0.3) is 56.0 Å². The highest BCUT2D eigenvalue weighted by atomic mass is 19.1. The molecule has 0 spiro atoms. The number of imidazole rings is 1. The summed E-state index contributed by atoms with van der Waals surface area (Å²) in [5.41, 5.74) is 5.33. The molecule has 11 heteroatoms. The Morgan fingerprint density at radius 1 is 1.00 bits per heavy atom. The van der Waals surface area contributed by atoms with Gasteiger partial charge in [-0.15, -0.1) is 0 Å². The first-order valence-corrected chi connectivity index (χ1v) is 12.4. The molecule has 9 nitrogen and oxygen atoms in total.